The first-order valence-corrected chi connectivity index (χ1v) is 14.2. The van der Waals surface area contributed by atoms with Crippen molar-refractivity contribution in [2.24, 2.45) is 0 Å². The van der Waals surface area contributed by atoms with E-state index in [0.29, 0.717) is 19.5 Å². The van der Waals surface area contributed by atoms with E-state index in [1.807, 2.05) is 54.7 Å². The third-order valence-corrected chi connectivity index (χ3v) is 8.59. The molecule has 0 saturated carbocycles. The Bertz CT molecular complexity index is 1420. The highest BCUT2D eigenvalue weighted by atomic mass is 79.9. The Morgan fingerprint density at radius 3 is 2.38 bits per heavy atom. The van der Waals surface area contributed by atoms with E-state index in [1.165, 1.54) is 23.5 Å². The molecule has 1 N–H and O–H groups in total. The summed E-state index contributed by atoms with van der Waals surface area (Å²) in [6.07, 6.45) is 2.61. The summed E-state index contributed by atoms with van der Waals surface area (Å²) in [4.78, 5) is 18.8. The first-order chi connectivity index (χ1) is 17.9. The van der Waals surface area contributed by atoms with E-state index in [-0.39, 0.29) is 30.5 Å². The number of nitrogens with zero attached hydrogens (tertiary/aromatic N) is 2. The molecule has 9 heteroatoms. The Morgan fingerprint density at radius 1 is 0.946 bits per heavy atom. The number of para-hydroxylation sites is 1. The highest BCUT2D eigenvalue weighted by Gasteiger charge is 2.28. The fourth-order valence-corrected chi connectivity index (χ4v) is 5.81. The van der Waals surface area contributed by atoms with Gasteiger partial charge in [-0.3, -0.25) is 4.79 Å². The standard InChI is InChI=1S/C28H30BrN3O4S/c1-36-18-17-32(37(34,35)25-13-11-24(29)12-14-25)21-28(33)31(20-22-7-3-2-4-8-22)16-15-23-19-30-27-10-6-5-9-26(23)27/h2-14,19,30H,15-18,20-21H2,1H3. The number of methoxy groups -OCH3 is 1. The lowest BCUT2D eigenvalue weighted by Crippen LogP contribution is -2.44. The second kappa shape index (κ2) is 12.5. The third-order valence-electron chi connectivity index (χ3n) is 6.20. The number of hydrogen-bond acceptors (Lipinski definition) is 4. The van der Waals surface area contributed by atoms with E-state index in [9.17, 15) is 13.2 Å². The lowest BCUT2D eigenvalue weighted by molar-refractivity contribution is -0.132. The van der Waals surface area contributed by atoms with Crippen LogP contribution in [0.4, 0.5) is 0 Å². The van der Waals surface area contributed by atoms with Crippen LogP contribution in [0.25, 0.3) is 10.9 Å². The lowest BCUT2D eigenvalue weighted by atomic mass is 10.1. The minimum atomic E-state index is -3.90. The fourth-order valence-electron chi connectivity index (χ4n) is 4.17. The van der Waals surface area contributed by atoms with Crippen LogP contribution in [0, 0.1) is 0 Å². The average Bonchev–Trinajstić information content (AvgIpc) is 3.32. The largest absolute Gasteiger partial charge is 0.383 e. The number of amides is 1. The first kappa shape index (κ1) is 27.1. The van der Waals surface area contributed by atoms with Crippen LogP contribution in [-0.4, -0.2) is 61.9 Å². The number of fused-ring (bicyclic) bond motifs is 1. The van der Waals surface area contributed by atoms with Crippen molar-refractivity contribution >= 4 is 42.8 Å². The van der Waals surface area contributed by atoms with E-state index in [1.54, 1.807) is 17.0 Å². The van der Waals surface area contributed by atoms with E-state index >= 15 is 0 Å². The molecule has 0 radical (unpaired) electrons. The predicted octanol–water partition coefficient (Wildman–Crippen LogP) is 4.84. The Balaban J connectivity index is 1.57. The molecule has 3 aromatic carbocycles. The molecule has 1 aromatic heterocycles. The van der Waals surface area contributed by atoms with Gasteiger partial charge in [-0.15, -0.1) is 0 Å². The number of carbonyl (C=O) groups is 1. The molecule has 4 aromatic rings. The molecular weight excluding hydrogens is 554 g/mol. The predicted molar refractivity (Wildman–Crippen MR) is 149 cm³/mol. The molecule has 194 valence electrons. The maximum Gasteiger partial charge on any atom is 0.243 e. The van der Waals surface area contributed by atoms with Gasteiger partial charge >= 0.3 is 0 Å². The molecule has 0 spiro atoms. The van der Waals surface area contributed by atoms with Crippen molar-refractivity contribution in [3.63, 3.8) is 0 Å². The smallest absolute Gasteiger partial charge is 0.243 e. The van der Waals surface area contributed by atoms with Crippen LogP contribution in [0.3, 0.4) is 0 Å². The van der Waals surface area contributed by atoms with Crippen LogP contribution in [0.1, 0.15) is 11.1 Å². The number of ether oxygens (including phenoxy) is 1. The molecule has 0 aliphatic heterocycles. The maximum absolute atomic E-state index is 13.6. The molecule has 0 aliphatic rings. The molecule has 4 rings (SSSR count). The van der Waals surface area contributed by atoms with Gasteiger partial charge in [-0.25, -0.2) is 8.42 Å². The van der Waals surface area contributed by atoms with Crippen molar-refractivity contribution in [3.05, 3.63) is 101 Å². The number of halogens is 1. The number of carbonyl (C=O) groups excluding carboxylic acids is 1. The SMILES string of the molecule is COCCN(CC(=O)N(CCc1c[nH]c2ccccc12)Cc1ccccc1)S(=O)(=O)c1ccc(Br)cc1. The van der Waals surface area contributed by atoms with Crippen molar-refractivity contribution < 1.29 is 17.9 Å². The molecule has 7 nitrogen and oxygen atoms in total. The number of aromatic amines is 1. The second-order valence-corrected chi connectivity index (χ2v) is 11.5. The minimum absolute atomic E-state index is 0.0717. The van der Waals surface area contributed by atoms with E-state index in [2.05, 4.69) is 27.0 Å². The monoisotopic (exact) mass is 583 g/mol. The third kappa shape index (κ3) is 6.87. The summed E-state index contributed by atoms with van der Waals surface area (Å²) in [5, 5.41) is 1.12. The van der Waals surface area contributed by atoms with Crippen molar-refractivity contribution in [2.45, 2.75) is 17.9 Å². The number of benzene rings is 3. The van der Waals surface area contributed by atoms with Crippen molar-refractivity contribution in [2.75, 3.05) is 33.4 Å². The van der Waals surface area contributed by atoms with Gasteiger partial charge in [0.05, 0.1) is 18.0 Å². The fraction of sp³-hybridized carbons (Fsp3) is 0.250. The summed E-state index contributed by atoms with van der Waals surface area (Å²) >= 11 is 3.34. The van der Waals surface area contributed by atoms with Crippen LogP contribution in [0.5, 0.6) is 0 Å². The van der Waals surface area contributed by atoms with Crippen molar-refractivity contribution in [1.82, 2.24) is 14.2 Å². The summed E-state index contributed by atoms with van der Waals surface area (Å²) in [6, 6.07) is 24.2. The van der Waals surface area contributed by atoms with Crippen LogP contribution in [0.15, 0.2) is 94.4 Å². The van der Waals surface area contributed by atoms with Crippen molar-refractivity contribution in [1.29, 1.82) is 0 Å². The summed E-state index contributed by atoms with van der Waals surface area (Å²) in [7, 11) is -2.39. The van der Waals surface area contributed by atoms with Crippen molar-refractivity contribution in [3.8, 4) is 0 Å². The average molecular weight is 585 g/mol. The zero-order chi connectivity index (χ0) is 26.3. The number of sulfonamides is 1. The lowest BCUT2D eigenvalue weighted by Gasteiger charge is -2.27. The molecule has 0 unspecified atom stereocenters. The van der Waals surface area contributed by atoms with Gasteiger partial charge in [-0.05, 0) is 47.9 Å². The Hall–Kier alpha value is -2.98. The van der Waals surface area contributed by atoms with Gasteiger partial charge in [0.25, 0.3) is 0 Å². The molecule has 37 heavy (non-hydrogen) atoms. The number of hydrogen-bond donors (Lipinski definition) is 1. The van der Waals surface area contributed by atoms with Gasteiger partial charge in [0.1, 0.15) is 0 Å². The van der Waals surface area contributed by atoms with Gasteiger partial charge in [0, 0.05) is 48.3 Å². The zero-order valence-corrected chi connectivity index (χ0v) is 23.0. The molecule has 0 bridgehead atoms. The van der Waals surface area contributed by atoms with Gasteiger partial charge in [0.15, 0.2) is 0 Å². The van der Waals surface area contributed by atoms with E-state index in [4.69, 9.17) is 4.74 Å². The minimum Gasteiger partial charge on any atom is -0.383 e. The Kier molecular flexibility index (Phi) is 9.15. The highest BCUT2D eigenvalue weighted by Crippen LogP contribution is 2.21. The number of H-pyrrole nitrogens is 1. The number of nitrogens with one attached hydrogen (secondary N) is 1. The van der Waals surface area contributed by atoms with Crippen LogP contribution in [0.2, 0.25) is 0 Å². The van der Waals surface area contributed by atoms with E-state index in [0.717, 1.165) is 26.5 Å². The summed E-state index contributed by atoms with van der Waals surface area (Å²) in [6.45, 7) is 0.812. The summed E-state index contributed by atoms with van der Waals surface area (Å²) in [5.74, 6) is -0.263. The molecular formula is C28H30BrN3O4S. The molecule has 0 saturated heterocycles. The van der Waals surface area contributed by atoms with Gasteiger partial charge < -0.3 is 14.6 Å². The molecule has 0 fully saturated rings. The summed E-state index contributed by atoms with van der Waals surface area (Å²) < 4.78 is 34.0. The Morgan fingerprint density at radius 2 is 1.65 bits per heavy atom. The highest BCUT2D eigenvalue weighted by molar-refractivity contribution is 9.10. The van der Waals surface area contributed by atoms with E-state index < -0.39 is 10.0 Å². The topological polar surface area (TPSA) is 82.7 Å². The number of rotatable bonds is 12. The molecule has 0 aliphatic carbocycles. The van der Waals surface area contributed by atoms with Gasteiger partial charge in [-0.2, -0.15) is 4.31 Å². The van der Waals surface area contributed by atoms with Crippen LogP contribution < -0.4 is 0 Å². The normalized spacial score (nSPS) is 11.8. The molecule has 1 heterocycles. The van der Waals surface area contributed by atoms with Gasteiger partial charge in [-0.1, -0.05) is 64.5 Å². The Labute approximate surface area is 226 Å². The maximum atomic E-state index is 13.6. The van der Waals surface area contributed by atoms with Crippen LogP contribution in [-0.2, 0) is 32.5 Å². The quantitative estimate of drug-likeness (QED) is 0.259. The molecule has 0 atom stereocenters. The van der Waals surface area contributed by atoms with Gasteiger partial charge in [0.2, 0.25) is 15.9 Å². The number of aromatic nitrogens is 1. The zero-order valence-electron chi connectivity index (χ0n) is 20.6. The summed E-state index contributed by atoms with van der Waals surface area (Å²) in [5.41, 5.74) is 3.14. The second-order valence-electron chi connectivity index (χ2n) is 8.70. The first-order valence-electron chi connectivity index (χ1n) is 12.0. The molecule has 1 amide bonds. The van der Waals surface area contributed by atoms with Crippen LogP contribution >= 0.6 is 15.9 Å².